The Morgan fingerprint density at radius 1 is 0.200 bits per heavy atom. The van der Waals surface area contributed by atoms with Crippen molar-refractivity contribution < 1.29 is 49.5 Å². The van der Waals surface area contributed by atoms with Gasteiger partial charge in [0, 0.05) is 49.5 Å². The van der Waals surface area contributed by atoms with Crippen molar-refractivity contribution in [3.05, 3.63) is 0 Å². The third-order valence-corrected chi connectivity index (χ3v) is 0. The summed E-state index contributed by atoms with van der Waals surface area (Å²) >= 11 is 0. The zero-order valence-electron chi connectivity index (χ0n) is 3.81. The standard InChI is InChI=1S/7ClH.3Ni/h7*1H;;;. The molecule has 0 radical (unpaired) electrons. The maximum atomic E-state index is 0. The molecule has 0 aromatic carbocycles. The third-order valence-electron chi connectivity index (χ3n) is 0. The Labute approximate surface area is 135 Å². The molecule has 0 spiro atoms. The fourth-order valence-corrected chi connectivity index (χ4v) is 0. The van der Waals surface area contributed by atoms with Gasteiger partial charge in [-0.3, -0.25) is 0 Å². The van der Waals surface area contributed by atoms with Crippen molar-refractivity contribution in [2.45, 2.75) is 0 Å². The van der Waals surface area contributed by atoms with Crippen LogP contribution in [-0.4, -0.2) is 0 Å². The second-order valence-electron chi connectivity index (χ2n) is 0. The van der Waals surface area contributed by atoms with Gasteiger partial charge in [-0.2, -0.15) is 0 Å². The Hall–Kier alpha value is 3.51. The van der Waals surface area contributed by atoms with E-state index >= 15 is 0 Å². The van der Waals surface area contributed by atoms with Crippen LogP contribution in [0, 0.1) is 0 Å². The summed E-state index contributed by atoms with van der Waals surface area (Å²) in [5, 5.41) is 0. The van der Waals surface area contributed by atoms with Gasteiger partial charge >= 0.3 is 0 Å². The quantitative estimate of drug-likeness (QED) is 0.518. The first-order valence-electron chi connectivity index (χ1n) is 0. The second-order valence-corrected chi connectivity index (χ2v) is 0. The van der Waals surface area contributed by atoms with Crippen molar-refractivity contribution in [2.24, 2.45) is 0 Å². The van der Waals surface area contributed by atoms with Crippen LogP contribution in [0.5, 0.6) is 0 Å². The zero-order chi connectivity index (χ0) is 0. The van der Waals surface area contributed by atoms with Gasteiger partial charge in [0.2, 0.25) is 0 Å². The van der Waals surface area contributed by atoms with Gasteiger partial charge in [0.1, 0.15) is 0 Å². The van der Waals surface area contributed by atoms with E-state index in [1.165, 1.54) is 0 Å². The minimum Gasteiger partial charge on any atom is -0.147 e. The van der Waals surface area contributed by atoms with Gasteiger partial charge < -0.3 is 0 Å². The molecule has 86 valence electrons. The minimum absolute atomic E-state index is 0. The normalized spacial score (nSPS) is 0. The summed E-state index contributed by atoms with van der Waals surface area (Å²) in [7, 11) is 0. The van der Waals surface area contributed by atoms with E-state index in [0.29, 0.717) is 0 Å². The maximum Gasteiger partial charge on any atom is 0 e. The predicted molar refractivity (Wildman–Crippen MR) is 50.7 cm³/mol. The van der Waals surface area contributed by atoms with E-state index in [2.05, 4.69) is 0 Å². The monoisotopic (exact) mass is 426 g/mol. The molecule has 0 heterocycles. The van der Waals surface area contributed by atoms with Gasteiger partial charge in [0.25, 0.3) is 0 Å². The first kappa shape index (κ1) is 172. The predicted octanol–water partition coefficient (Wildman–Crippen LogP) is 2.95. The van der Waals surface area contributed by atoms with Crippen LogP contribution < -0.4 is 0 Å². The van der Waals surface area contributed by atoms with Crippen LogP contribution in [0.15, 0.2) is 0 Å². The molecule has 0 bridgehead atoms. The molecule has 0 fully saturated rings. The van der Waals surface area contributed by atoms with Crippen molar-refractivity contribution in [2.75, 3.05) is 0 Å². The zero-order valence-corrected chi connectivity index (χ0v) is 12.5. The molecule has 0 nitrogen and oxygen atoms in total. The molecular formula is H7Cl7Ni3. The molecule has 0 aliphatic rings. The number of rotatable bonds is 0. The molecule has 0 N–H and O–H groups in total. The van der Waals surface area contributed by atoms with E-state index in [4.69, 9.17) is 0 Å². The SMILES string of the molecule is Cl.Cl.Cl.Cl.Cl.Cl.Cl.[Ni].[Ni].[Ni]. The smallest absolute Gasteiger partial charge is 0 e. The van der Waals surface area contributed by atoms with Crippen molar-refractivity contribution >= 4 is 86.8 Å². The Kier molecular flexibility index (Phi) is 2310. The summed E-state index contributed by atoms with van der Waals surface area (Å²) in [6.45, 7) is 0. The van der Waals surface area contributed by atoms with E-state index in [1.54, 1.807) is 0 Å². The van der Waals surface area contributed by atoms with Gasteiger partial charge in [-0.05, 0) is 0 Å². The summed E-state index contributed by atoms with van der Waals surface area (Å²) in [4.78, 5) is 0. The maximum absolute atomic E-state index is 0. The van der Waals surface area contributed by atoms with Crippen molar-refractivity contribution in [3.8, 4) is 0 Å². The average Bonchev–Trinajstić information content (AvgIpc) is 0. The van der Waals surface area contributed by atoms with Gasteiger partial charge in [0.15, 0.2) is 0 Å². The second kappa shape index (κ2) is 135. The van der Waals surface area contributed by atoms with E-state index < -0.39 is 0 Å². The van der Waals surface area contributed by atoms with Crippen LogP contribution in [0.2, 0.25) is 0 Å². The Balaban J connectivity index is 0. The van der Waals surface area contributed by atoms with Crippen LogP contribution >= 0.6 is 86.8 Å². The molecule has 10 heavy (non-hydrogen) atoms. The summed E-state index contributed by atoms with van der Waals surface area (Å²) in [6.07, 6.45) is 0. The average molecular weight is 431 g/mol. The van der Waals surface area contributed by atoms with Gasteiger partial charge in [-0.25, -0.2) is 0 Å². The van der Waals surface area contributed by atoms with Crippen LogP contribution in [0.4, 0.5) is 0 Å². The Morgan fingerprint density at radius 2 is 0.200 bits per heavy atom. The van der Waals surface area contributed by atoms with Gasteiger partial charge in [-0.15, -0.1) is 86.8 Å². The molecule has 0 aliphatic heterocycles. The van der Waals surface area contributed by atoms with Crippen molar-refractivity contribution in [1.29, 1.82) is 0 Å². The molecule has 10 heteroatoms. The molecule has 0 saturated carbocycles. The van der Waals surface area contributed by atoms with Gasteiger partial charge in [0.05, 0.1) is 0 Å². The first-order chi connectivity index (χ1) is 0. The van der Waals surface area contributed by atoms with E-state index in [0.717, 1.165) is 0 Å². The summed E-state index contributed by atoms with van der Waals surface area (Å²) in [6, 6.07) is 0. The molecule has 0 amide bonds. The molecule has 0 aromatic rings. The molecule has 0 atom stereocenters. The molecule has 0 aliphatic carbocycles. The van der Waals surface area contributed by atoms with Gasteiger partial charge in [-0.1, -0.05) is 0 Å². The molecule has 0 saturated heterocycles. The number of halogens is 7. The summed E-state index contributed by atoms with van der Waals surface area (Å²) in [5.74, 6) is 0. The fraction of sp³-hybridized carbons (Fsp3) is 0. The topological polar surface area (TPSA) is 0 Å². The number of hydrogen-bond acceptors (Lipinski definition) is 0. The van der Waals surface area contributed by atoms with E-state index in [1.807, 2.05) is 0 Å². The molecule has 0 rings (SSSR count). The van der Waals surface area contributed by atoms with Crippen LogP contribution in [0.3, 0.4) is 0 Å². The Bertz CT molecular complexity index is 8.81. The van der Waals surface area contributed by atoms with Crippen molar-refractivity contribution in [3.63, 3.8) is 0 Å². The van der Waals surface area contributed by atoms with Crippen LogP contribution in [0.1, 0.15) is 0 Å². The Morgan fingerprint density at radius 3 is 0.200 bits per heavy atom. The van der Waals surface area contributed by atoms with Crippen LogP contribution in [0.25, 0.3) is 0 Å². The first-order valence-corrected chi connectivity index (χ1v) is 0. The molecular weight excluding hydrogens is 424 g/mol. The number of hydrogen-bond donors (Lipinski definition) is 0. The summed E-state index contributed by atoms with van der Waals surface area (Å²) in [5.41, 5.74) is 0. The van der Waals surface area contributed by atoms with E-state index in [-0.39, 0.29) is 136 Å². The minimum atomic E-state index is 0. The van der Waals surface area contributed by atoms with Crippen LogP contribution in [-0.2, 0) is 49.5 Å². The summed E-state index contributed by atoms with van der Waals surface area (Å²) < 4.78 is 0. The van der Waals surface area contributed by atoms with E-state index in [9.17, 15) is 0 Å². The fourth-order valence-electron chi connectivity index (χ4n) is 0. The molecule has 0 unspecified atom stereocenters. The third kappa shape index (κ3) is 103. The molecule has 0 aromatic heterocycles. The van der Waals surface area contributed by atoms with Crippen molar-refractivity contribution in [1.82, 2.24) is 0 Å². The largest absolute Gasteiger partial charge is 0.147 e.